The lowest BCUT2D eigenvalue weighted by atomic mass is 9.91. The molecule has 0 aromatic carbocycles. The number of hydrogen-bond donors (Lipinski definition) is 1. The van der Waals surface area contributed by atoms with Crippen molar-refractivity contribution >= 4 is 22.6 Å². The molecule has 6 rings (SSSR count). The number of aryl methyl sites for hydroxylation is 2. The molecular formula is C24H34N8O. The number of morpholine rings is 1. The maximum absolute atomic E-state index is 5.28. The number of nitrogens with zero attached hydrogens (tertiary/aromatic N) is 7. The van der Waals surface area contributed by atoms with Crippen molar-refractivity contribution in [2.45, 2.75) is 45.7 Å². The predicted molar refractivity (Wildman–Crippen MR) is 132 cm³/mol. The van der Waals surface area contributed by atoms with Crippen LogP contribution in [-0.4, -0.2) is 73.4 Å². The maximum Gasteiger partial charge on any atom is 0.240 e. The second-order valence-electron chi connectivity index (χ2n) is 8.57. The van der Waals surface area contributed by atoms with Crippen LogP contribution in [0, 0.1) is 6.92 Å². The highest BCUT2D eigenvalue weighted by molar-refractivity contribution is 5.82. The standard InChI is InChI=1S/C16H17N7.C8H15NO.H2/c1-4-22-10(2)19-13-6-5-12(20-15(13)22)11-7-8-23-14(11)9-18-16(17-3)21-23;1-2-8(3-1)9-4-6-10-7-5-9;/h5-9H,4H2,1-3H3,(H,17,21);8H,1-7H2;1H. The molecule has 0 amide bonds. The van der Waals surface area contributed by atoms with Crippen molar-refractivity contribution in [2.24, 2.45) is 0 Å². The molecule has 1 saturated carbocycles. The van der Waals surface area contributed by atoms with Crippen LogP contribution in [0.1, 0.15) is 33.4 Å². The van der Waals surface area contributed by atoms with Gasteiger partial charge in [0.25, 0.3) is 0 Å². The molecule has 33 heavy (non-hydrogen) atoms. The van der Waals surface area contributed by atoms with E-state index >= 15 is 0 Å². The van der Waals surface area contributed by atoms with Crippen molar-refractivity contribution in [3.8, 4) is 11.3 Å². The molecule has 1 N–H and O–H groups in total. The van der Waals surface area contributed by atoms with Crippen LogP contribution >= 0.6 is 0 Å². The monoisotopic (exact) mass is 450 g/mol. The normalized spacial score (nSPS) is 17.1. The quantitative estimate of drug-likeness (QED) is 0.508. The molecule has 9 nitrogen and oxygen atoms in total. The Hall–Kier alpha value is -3.04. The first-order chi connectivity index (χ1) is 16.2. The third-order valence-corrected chi connectivity index (χ3v) is 6.65. The molecule has 2 aliphatic rings. The van der Waals surface area contributed by atoms with Crippen LogP contribution in [0.5, 0.6) is 0 Å². The minimum absolute atomic E-state index is 0. The first-order valence-electron chi connectivity index (χ1n) is 11.9. The Balaban J connectivity index is 0.000000209. The fourth-order valence-electron chi connectivity index (χ4n) is 4.57. The second-order valence-corrected chi connectivity index (χ2v) is 8.57. The smallest absolute Gasteiger partial charge is 0.240 e. The van der Waals surface area contributed by atoms with Gasteiger partial charge in [-0.3, -0.25) is 4.90 Å². The lowest BCUT2D eigenvalue weighted by molar-refractivity contribution is -0.00153. The summed E-state index contributed by atoms with van der Waals surface area (Å²) in [4.78, 5) is 16.2. The van der Waals surface area contributed by atoms with Gasteiger partial charge in [0.2, 0.25) is 5.95 Å². The first-order valence-corrected chi connectivity index (χ1v) is 11.9. The molecule has 0 unspecified atom stereocenters. The van der Waals surface area contributed by atoms with Crippen molar-refractivity contribution < 1.29 is 6.16 Å². The van der Waals surface area contributed by atoms with E-state index in [1.165, 1.54) is 32.4 Å². The van der Waals surface area contributed by atoms with Gasteiger partial charge in [0.1, 0.15) is 11.3 Å². The van der Waals surface area contributed by atoms with Crippen LogP contribution in [0.4, 0.5) is 5.95 Å². The van der Waals surface area contributed by atoms with Gasteiger partial charge < -0.3 is 14.6 Å². The number of fused-ring (bicyclic) bond motifs is 2. The van der Waals surface area contributed by atoms with Gasteiger partial charge in [0.15, 0.2) is 5.65 Å². The van der Waals surface area contributed by atoms with E-state index in [-0.39, 0.29) is 1.43 Å². The van der Waals surface area contributed by atoms with Crippen molar-refractivity contribution in [1.82, 2.24) is 34.0 Å². The van der Waals surface area contributed by atoms with E-state index in [2.05, 4.69) is 36.8 Å². The van der Waals surface area contributed by atoms with Gasteiger partial charge in [0.05, 0.1) is 30.6 Å². The second kappa shape index (κ2) is 9.44. The Bertz CT molecular complexity index is 1240. The molecule has 0 bridgehead atoms. The number of pyridine rings is 1. The Morgan fingerprint density at radius 1 is 1.15 bits per heavy atom. The summed E-state index contributed by atoms with van der Waals surface area (Å²) < 4.78 is 9.20. The Morgan fingerprint density at radius 2 is 1.97 bits per heavy atom. The predicted octanol–water partition coefficient (Wildman–Crippen LogP) is 3.63. The van der Waals surface area contributed by atoms with E-state index in [1.807, 2.05) is 42.0 Å². The summed E-state index contributed by atoms with van der Waals surface area (Å²) in [6, 6.07) is 6.94. The highest BCUT2D eigenvalue weighted by Crippen LogP contribution is 2.26. The van der Waals surface area contributed by atoms with Crippen LogP contribution in [0.3, 0.4) is 0 Å². The molecule has 1 aliphatic heterocycles. The molecule has 176 valence electrons. The molecule has 0 atom stereocenters. The van der Waals surface area contributed by atoms with Crippen LogP contribution < -0.4 is 5.32 Å². The van der Waals surface area contributed by atoms with E-state index in [9.17, 15) is 0 Å². The van der Waals surface area contributed by atoms with E-state index in [0.717, 1.165) is 59.6 Å². The molecular weight excluding hydrogens is 416 g/mol. The summed E-state index contributed by atoms with van der Waals surface area (Å²) in [5.41, 5.74) is 4.67. The molecule has 5 heterocycles. The number of aromatic nitrogens is 6. The lowest BCUT2D eigenvalue weighted by Gasteiger charge is -2.39. The molecule has 9 heteroatoms. The Labute approximate surface area is 195 Å². The summed E-state index contributed by atoms with van der Waals surface area (Å²) >= 11 is 0. The summed E-state index contributed by atoms with van der Waals surface area (Å²) in [5, 5.41) is 7.33. The number of hydrogen-bond acceptors (Lipinski definition) is 7. The fourth-order valence-corrected chi connectivity index (χ4v) is 4.57. The van der Waals surface area contributed by atoms with Gasteiger partial charge in [-0.05, 0) is 44.9 Å². The van der Waals surface area contributed by atoms with E-state index in [0.29, 0.717) is 5.95 Å². The fraction of sp³-hybridized carbons (Fsp3) is 0.500. The topological polar surface area (TPSA) is 85.4 Å². The largest absolute Gasteiger partial charge is 0.379 e. The van der Waals surface area contributed by atoms with Crippen LogP contribution in [-0.2, 0) is 11.3 Å². The first kappa shape index (κ1) is 21.8. The van der Waals surface area contributed by atoms with Crippen LogP contribution in [0.2, 0.25) is 0 Å². The zero-order valence-electron chi connectivity index (χ0n) is 19.7. The minimum Gasteiger partial charge on any atom is -0.379 e. The van der Waals surface area contributed by atoms with Gasteiger partial charge in [-0.1, -0.05) is 6.42 Å². The van der Waals surface area contributed by atoms with Gasteiger partial charge >= 0.3 is 0 Å². The molecule has 4 aromatic heterocycles. The van der Waals surface area contributed by atoms with E-state index in [4.69, 9.17) is 9.72 Å². The summed E-state index contributed by atoms with van der Waals surface area (Å²) in [6.07, 6.45) is 8.03. The van der Waals surface area contributed by atoms with Crippen molar-refractivity contribution in [3.05, 3.63) is 36.4 Å². The number of anilines is 1. The van der Waals surface area contributed by atoms with Crippen molar-refractivity contribution in [2.75, 3.05) is 38.7 Å². The van der Waals surface area contributed by atoms with Gasteiger partial charge in [-0.25, -0.2) is 19.5 Å². The number of imidazole rings is 1. The van der Waals surface area contributed by atoms with E-state index in [1.54, 1.807) is 7.05 Å². The third kappa shape index (κ3) is 4.30. The van der Waals surface area contributed by atoms with Gasteiger partial charge in [0, 0.05) is 45.9 Å². The van der Waals surface area contributed by atoms with Gasteiger partial charge in [-0.15, -0.1) is 5.10 Å². The SMILES string of the molecule is C1CC(N2CCOCC2)C1.CCn1c(C)nc2ccc(-c3ccn4nc(NC)ncc34)nc21.[HH]. The maximum atomic E-state index is 5.28. The minimum atomic E-state index is 0. The molecule has 0 radical (unpaired) electrons. The summed E-state index contributed by atoms with van der Waals surface area (Å²) in [7, 11) is 1.80. The molecule has 0 spiro atoms. The molecule has 1 aliphatic carbocycles. The summed E-state index contributed by atoms with van der Waals surface area (Å²) in [5.74, 6) is 1.57. The van der Waals surface area contributed by atoms with Gasteiger partial charge in [-0.2, -0.15) is 0 Å². The van der Waals surface area contributed by atoms with Crippen molar-refractivity contribution in [3.63, 3.8) is 0 Å². The summed E-state index contributed by atoms with van der Waals surface area (Å²) in [6.45, 7) is 9.21. The molecule has 1 saturated heterocycles. The van der Waals surface area contributed by atoms with Crippen LogP contribution in [0.25, 0.3) is 27.9 Å². The zero-order chi connectivity index (χ0) is 22.8. The number of ether oxygens (including phenoxy) is 1. The number of rotatable bonds is 4. The average Bonchev–Trinajstić information content (AvgIpc) is 3.37. The third-order valence-electron chi connectivity index (χ3n) is 6.65. The molecule has 2 fully saturated rings. The average molecular weight is 451 g/mol. The Morgan fingerprint density at radius 3 is 2.67 bits per heavy atom. The molecule has 4 aromatic rings. The zero-order valence-corrected chi connectivity index (χ0v) is 19.7. The van der Waals surface area contributed by atoms with E-state index < -0.39 is 0 Å². The Kier molecular flexibility index (Phi) is 6.24. The van der Waals surface area contributed by atoms with Crippen LogP contribution in [0.15, 0.2) is 30.6 Å². The highest BCUT2D eigenvalue weighted by atomic mass is 16.5. The number of nitrogens with one attached hydrogen (secondary N) is 1. The lowest BCUT2D eigenvalue weighted by Crippen LogP contribution is -2.46. The van der Waals surface area contributed by atoms with Crippen molar-refractivity contribution in [1.29, 1.82) is 0 Å². The highest BCUT2D eigenvalue weighted by Gasteiger charge is 2.25.